The maximum atomic E-state index is 12.4. The van der Waals surface area contributed by atoms with E-state index in [1.165, 1.54) is 14.0 Å². The second-order valence-corrected chi connectivity index (χ2v) is 5.42. The van der Waals surface area contributed by atoms with Gasteiger partial charge in [0.2, 0.25) is 5.91 Å². The molecule has 0 aliphatic rings. The van der Waals surface area contributed by atoms with E-state index in [9.17, 15) is 9.59 Å². The predicted octanol–water partition coefficient (Wildman–Crippen LogP) is 3.87. The monoisotopic (exact) mass is 332 g/mol. The van der Waals surface area contributed by atoms with Crippen LogP contribution >= 0.6 is 11.6 Å². The molecule has 0 spiro atoms. The third kappa shape index (κ3) is 4.23. The normalized spacial score (nSPS) is 10.1. The van der Waals surface area contributed by atoms with E-state index in [4.69, 9.17) is 16.3 Å². The van der Waals surface area contributed by atoms with Crippen molar-refractivity contribution in [1.82, 2.24) is 0 Å². The molecular weight excluding hydrogens is 316 g/mol. The number of anilines is 2. The molecule has 0 heterocycles. The summed E-state index contributed by atoms with van der Waals surface area (Å²) in [5, 5.41) is 5.93. The Morgan fingerprint density at radius 1 is 1.04 bits per heavy atom. The van der Waals surface area contributed by atoms with Crippen LogP contribution in [0.25, 0.3) is 0 Å². The molecule has 0 unspecified atom stereocenters. The van der Waals surface area contributed by atoms with Gasteiger partial charge in [0.1, 0.15) is 5.75 Å². The Kier molecular flexibility index (Phi) is 5.24. The van der Waals surface area contributed by atoms with E-state index in [0.717, 1.165) is 5.56 Å². The van der Waals surface area contributed by atoms with Crippen molar-refractivity contribution < 1.29 is 14.3 Å². The van der Waals surface area contributed by atoms with Crippen molar-refractivity contribution in [3.05, 3.63) is 52.5 Å². The second kappa shape index (κ2) is 7.15. The summed E-state index contributed by atoms with van der Waals surface area (Å²) in [6.07, 6.45) is 0. The molecule has 2 amide bonds. The van der Waals surface area contributed by atoms with E-state index in [1.54, 1.807) is 36.4 Å². The van der Waals surface area contributed by atoms with Gasteiger partial charge in [-0.25, -0.2) is 0 Å². The Bertz CT molecular complexity index is 742. The van der Waals surface area contributed by atoms with E-state index >= 15 is 0 Å². The zero-order valence-corrected chi connectivity index (χ0v) is 13.8. The van der Waals surface area contributed by atoms with Crippen molar-refractivity contribution in [2.45, 2.75) is 13.8 Å². The summed E-state index contributed by atoms with van der Waals surface area (Å²) >= 11 is 6.08. The number of halogens is 1. The van der Waals surface area contributed by atoms with Gasteiger partial charge in [-0.3, -0.25) is 9.59 Å². The molecule has 0 aliphatic carbocycles. The maximum Gasteiger partial charge on any atom is 0.259 e. The summed E-state index contributed by atoms with van der Waals surface area (Å²) in [7, 11) is 1.50. The molecule has 0 bridgehead atoms. The molecule has 2 aromatic carbocycles. The quantitative estimate of drug-likeness (QED) is 0.893. The summed E-state index contributed by atoms with van der Waals surface area (Å²) in [5.74, 6) is -0.0175. The number of benzene rings is 2. The molecule has 2 N–H and O–H groups in total. The fourth-order valence-corrected chi connectivity index (χ4v) is 2.20. The lowest BCUT2D eigenvalue weighted by atomic mass is 10.1. The number of rotatable bonds is 4. The number of hydrogen-bond donors (Lipinski definition) is 2. The standard InChI is InChI=1S/C17H17ClN2O3/c1-10-8-16(23-3)14(9-15(10)18)17(22)20-13-6-4-12(5-7-13)19-11(2)21/h4-9H,1-3H3,(H,19,21)(H,20,22). The lowest BCUT2D eigenvalue weighted by Crippen LogP contribution is -2.13. The minimum absolute atomic E-state index is 0.152. The van der Waals surface area contributed by atoms with Gasteiger partial charge in [-0.05, 0) is 48.9 Å². The van der Waals surface area contributed by atoms with Crippen molar-refractivity contribution in [3.8, 4) is 5.75 Å². The molecule has 2 aromatic rings. The number of amides is 2. The molecule has 2 rings (SSSR count). The van der Waals surface area contributed by atoms with Gasteiger partial charge in [-0.15, -0.1) is 0 Å². The summed E-state index contributed by atoms with van der Waals surface area (Å²) in [4.78, 5) is 23.4. The van der Waals surface area contributed by atoms with Gasteiger partial charge < -0.3 is 15.4 Å². The fourth-order valence-electron chi connectivity index (χ4n) is 2.04. The highest BCUT2D eigenvalue weighted by Crippen LogP contribution is 2.27. The first-order chi connectivity index (χ1) is 10.9. The highest BCUT2D eigenvalue weighted by molar-refractivity contribution is 6.32. The second-order valence-electron chi connectivity index (χ2n) is 5.01. The van der Waals surface area contributed by atoms with Gasteiger partial charge in [0.15, 0.2) is 0 Å². The van der Waals surface area contributed by atoms with Crippen molar-refractivity contribution >= 4 is 34.8 Å². The van der Waals surface area contributed by atoms with Crippen molar-refractivity contribution in [2.24, 2.45) is 0 Å². The van der Waals surface area contributed by atoms with Crippen LogP contribution in [-0.4, -0.2) is 18.9 Å². The molecule has 23 heavy (non-hydrogen) atoms. The number of aryl methyl sites for hydroxylation is 1. The molecule has 0 saturated carbocycles. The first kappa shape index (κ1) is 16.8. The van der Waals surface area contributed by atoms with Crippen LogP contribution in [0.15, 0.2) is 36.4 Å². The Labute approximate surface area is 139 Å². The first-order valence-corrected chi connectivity index (χ1v) is 7.31. The van der Waals surface area contributed by atoms with Crippen LogP contribution in [0.4, 0.5) is 11.4 Å². The lowest BCUT2D eigenvalue weighted by Gasteiger charge is -2.12. The molecule has 0 radical (unpaired) electrons. The first-order valence-electron chi connectivity index (χ1n) is 6.94. The number of carbonyl (C=O) groups is 2. The lowest BCUT2D eigenvalue weighted by molar-refractivity contribution is -0.114. The third-order valence-corrected chi connectivity index (χ3v) is 3.60. The van der Waals surface area contributed by atoms with Crippen LogP contribution in [0.2, 0.25) is 5.02 Å². The van der Waals surface area contributed by atoms with Crippen molar-refractivity contribution in [3.63, 3.8) is 0 Å². The highest BCUT2D eigenvalue weighted by atomic mass is 35.5. The van der Waals surface area contributed by atoms with E-state index in [1.807, 2.05) is 6.92 Å². The van der Waals surface area contributed by atoms with E-state index in [0.29, 0.717) is 27.7 Å². The smallest absolute Gasteiger partial charge is 0.259 e. The van der Waals surface area contributed by atoms with Crippen LogP contribution in [0, 0.1) is 6.92 Å². The molecule has 0 atom stereocenters. The SMILES string of the molecule is COc1cc(C)c(Cl)cc1C(=O)Nc1ccc(NC(C)=O)cc1. The van der Waals surface area contributed by atoms with Gasteiger partial charge >= 0.3 is 0 Å². The number of nitrogens with one attached hydrogen (secondary N) is 2. The predicted molar refractivity (Wildman–Crippen MR) is 91.4 cm³/mol. The number of hydrogen-bond acceptors (Lipinski definition) is 3. The van der Waals surface area contributed by atoms with E-state index in [2.05, 4.69) is 10.6 Å². The minimum atomic E-state index is -0.323. The zero-order chi connectivity index (χ0) is 17.0. The number of methoxy groups -OCH3 is 1. The third-order valence-electron chi connectivity index (χ3n) is 3.19. The van der Waals surface area contributed by atoms with Gasteiger partial charge in [0.25, 0.3) is 5.91 Å². The van der Waals surface area contributed by atoms with Crippen LogP contribution in [-0.2, 0) is 4.79 Å². The summed E-state index contributed by atoms with van der Waals surface area (Å²) in [6.45, 7) is 3.27. The van der Waals surface area contributed by atoms with Crippen LogP contribution in [0.5, 0.6) is 5.75 Å². The van der Waals surface area contributed by atoms with Gasteiger partial charge in [-0.2, -0.15) is 0 Å². The average molecular weight is 333 g/mol. The van der Waals surface area contributed by atoms with Crippen molar-refractivity contribution in [1.29, 1.82) is 0 Å². The molecule has 0 aliphatic heterocycles. The zero-order valence-electron chi connectivity index (χ0n) is 13.1. The van der Waals surface area contributed by atoms with Crippen molar-refractivity contribution in [2.75, 3.05) is 17.7 Å². The Morgan fingerprint density at radius 2 is 1.61 bits per heavy atom. The highest BCUT2D eigenvalue weighted by Gasteiger charge is 2.15. The Hall–Kier alpha value is -2.53. The van der Waals surface area contributed by atoms with Crippen LogP contribution < -0.4 is 15.4 Å². The average Bonchev–Trinajstić information content (AvgIpc) is 2.50. The topological polar surface area (TPSA) is 67.4 Å². The Morgan fingerprint density at radius 3 is 2.13 bits per heavy atom. The fraction of sp³-hybridized carbons (Fsp3) is 0.176. The maximum absolute atomic E-state index is 12.4. The van der Waals surface area contributed by atoms with E-state index in [-0.39, 0.29) is 11.8 Å². The molecule has 6 heteroatoms. The summed E-state index contributed by atoms with van der Waals surface area (Å²) in [6, 6.07) is 10.1. The number of ether oxygens (including phenoxy) is 1. The molecule has 5 nitrogen and oxygen atoms in total. The Balaban J connectivity index is 2.19. The molecule has 0 fully saturated rings. The summed E-state index contributed by atoms with van der Waals surface area (Å²) in [5.41, 5.74) is 2.45. The molecule has 120 valence electrons. The van der Waals surface area contributed by atoms with Gasteiger partial charge in [0, 0.05) is 23.3 Å². The van der Waals surface area contributed by atoms with E-state index < -0.39 is 0 Å². The van der Waals surface area contributed by atoms with Crippen LogP contribution in [0.3, 0.4) is 0 Å². The van der Waals surface area contributed by atoms with Gasteiger partial charge in [0.05, 0.1) is 12.7 Å². The largest absolute Gasteiger partial charge is 0.496 e. The molecule has 0 saturated heterocycles. The summed E-state index contributed by atoms with van der Waals surface area (Å²) < 4.78 is 5.24. The van der Waals surface area contributed by atoms with Crippen LogP contribution in [0.1, 0.15) is 22.8 Å². The molecular formula is C17H17ClN2O3. The minimum Gasteiger partial charge on any atom is -0.496 e. The number of carbonyl (C=O) groups excluding carboxylic acids is 2. The van der Waals surface area contributed by atoms with Gasteiger partial charge in [-0.1, -0.05) is 11.6 Å². The molecule has 0 aromatic heterocycles.